The number of H-pyrrole nitrogens is 1. The molecule has 0 atom stereocenters. The van der Waals surface area contributed by atoms with Gasteiger partial charge < -0.3 is 5.32 Å². The van der Waals surface area contributed by atoms with Crippen LogP contribution in [0.25, 0.3) is 10.9 Å². The maximum absolute atomic E-state index is 4.20. The molecule has 0 bridgehead atoms. The number of nitrogens with zero attached hydrogens (tertiary/aromatic N) is 1. The predicted molar refractivity (Wildman–Crippen MR) is 56.6 cm³/mol. The summed E-state index contributed by atoms with van der Waals surface area (Å²) in [6.07, 6.45) is 0. The Hall–Kier alpha value is -0.870. The Labute approximate surface area is 84.7 Å². The highest BCUT2D eigenvalue weighted by Crippen LogP contribution is 2.20. The second kappa shape index (κ2) is 3.47. The highest BCUT2D eigenvalue weighted by Gasteiger charge is 2.03. The van der Waals surface area contributed by atoms with Crippen molar-refractivity contribution >= 4 is 26.8 Å². The largest absolute Gasteiger partial charge is 0.314 e. The van der Waals surface area contributed by atoms with Crippen LogP contribution in [0.4, 0.5) is 0 Å². The first-order valence-electron chi connectivity index (χ1n) is 4.08. The second-order valence-corrected chi connectivity index (χ2v) is 3.81. The smallest absolute Gasteiger partial charge is 0.0935 e. The van der Waals surface area contributed by atoms with Gasteiger partial charge in [-0.15, -0.1) is 0 Å². The van der Waals surface area contributed by atoms with Gasteiger partial charge in [0.25, 0.3) is 0 Å². The standard InChI is InChI=1S/C9H10BrN3/c1-11-5-9-7-3-2-6(10)4-8(7)12-13-9/h2-4,11H,5H2,1H3,(H,12,13). The van der Waals surface area contributed by atoms with E-state index in [1.165, 1.54) is 5.39 Å². The van der Waals surface area contributed by atoms with E-state index in [-0.39, 0.29) is 0 Å². The third-order valence-electron chi connectivity index (χ3n) is 1.95. The summed E-state index contributed by atoms with van der Waals surface area (Å²) in [5, 5.41) is 11.5. The van der Waals surface area contributed by atoms with Crippen molar-refractivity contribution in [3.63, 3.8) is 0 Å². The number of fused-ring (bicyclic) bond motifs is 1. The van der Waals surface area contributed by atoms with Gasteiger partial charge in [0, 0.05) is 16.4 Å². The van der Waals surface area contributed by atoms with Gasteiger partial charge in [-0.05, 0) is 25.2 Å². The lowest BCUT2D eigenvalue weighted by atomic mass is 10.2. The van der Waals surface area contributed by atoms with E-state index >= 15 is 0 Å². The van der Waals surface area contributed by atoms with Crippen molar-refractivity contribution in [1.82, 2.24) is 15.5 Å². The minimum Gasteiger partial charge on any atom is -0.314 e. The summed E-state index contributed by atoms with van der Waals surface area (Å²) < 4.78 is 1.06. The first-order valence-corrected chi connectivity index (χ1v) is 4.87. The van der Waals surface area contributed by atoms with Crippen LogP contribution in [0.5, 0.6) is 0 Å². The normalized spacial score (nSPS) is 10.9. The molecule has 0 amide bonds. The summed E-state index contributed by atoms with van der Waals surface area (Å²) in [6.45, 7) is 0.818. The zero-order chi connectivity index (χ0) is 9.26. The number of rotatable bonds is 2. The van der Waals surface area contributed by atoms with Crippen molar-refractivity contribution in [3.8, 4) is 0 Å². The number of hydrogen-bond donors (Lipinski definition) is 2. The van der Waals surface area contributed by atoms with E-state index in [2.05, 4.69) is 37.5 Å². The van der Waals surface area contributed by atoms with Gasteiger partial charge in [-0.1, -0.05) is 15.9 Å². The monoisotopic (exact) mass is 239 g/mol. The quantitative estimate of drug-likeness (QED) is 0.843. The molecule has 1 aromatic carbocycles. The van der Waals surface area contributed by atoms with E-state index in [0.717, 1.165) is 22.2 Å². The molecule has 13 heavy (non-hydrogen) atoms. The summed E-state index contributed by atoms with van der Waals surface area (Å²) in [5.74, 6) is 0. The van der Waals surface area contributed by atoms with E-state index in [1.807, 2.05) is 19.2 Å². The minimum absolute atomic E-state index is 0.818. The van der Waals surface area contributed by atoms with E-state index in [0.29, 0.717) is 0 Å². The van der Waals surface area contributed by atoms with Crippen molar-refractivity contribution in [3.05, 3.63) is 28.4 Å². The summed E-state index contributed by atoms with van der Waals surface area (Å²) in [5.41, 5.74) is 2.13. The Morgan fingerprint density at radius 1 is 1.54 bits per heavy atom. The van der Waals surface area contributed by atoms with Gasteiger partial charge in [0.05, 0.1) is 11.2 Å². The van der Waals surface area contributed by atoms with Crippen LogP contribution in [-0.4, -0.2) is 17.2 Å². The van der Waals surface area contributed by atoms with E-state index in [1.54, 1.807) is 0 Å². The fourth-order valence-electron chi connectivity index (χ4n) is 1.35. The van der Waals surface area contributed by atoms with Gasteiger partial charge in [0.1, 0.15) is 0 Å². The molecular weight excluding hydrogens is 230 g/mol. The van der Waals surface area contributed by atoms with Crippen LogP contribution in [0.3, 0.4) is 0 Å². The van der Waals surface area contributed by atoms with Gasteiger partial charge in [0.2, 0.25) is 0 Å². The highest BCUT2D eigenvalue weighted by atomic mass is 79.9. The predicted octanol–water partition coefficient (Wildman–Crippen LogP) is 2.04. The molecule has 1 heterocycles. The van der Waals surface area contributed by atoms with Crippen LogP contribution in [0, 0.1) is 0 Å². The lowest BCUT2D eigenvalue weighted by Gasteiger charge is -1.95. The van der Waals surface area contributed by atoms with E-state index in [9.17, 15) is 0 Å². The molecule has 2 rings (SSSR count). The molecule has 1 aromatic heterocycles. The molecule has 2 N–H and O–H groups in total. The van der Waals surface area contributed by atoms with E-state index < -0.39 is 0 Å². The third-order valence-corrected chi connectivity index (χ3v) is 2.44. The van der Waals surface area contributed by atoms with Gasteiger partial charge in [-0.2, -0.15) is 5.10 Å². The minimum atomic E-state index is 0.818. The Balaban J connectivity index is 2.55. The number of halogens is 1. The first-order chi connectivity index (χ1) is 6.31. The maximum Gasteiger partial charge on any atom is 0.0935 e. The van der Waals surface area contributed by atoms with Crippen LogP contribution >= 0.6 is 15.9 Å². The molecule has 3 nitrogen and oxygen atoms in total. The Morgan fingerprint density at radius 2 is 2.38 bits per heavy atom. The second-order valence-electron chi connectivity index (χ2n) is 2.89. The Bertz CT molecular complexity index is 422. The van der Waals surface area contributed by atoms with Crippen LogP contribution in [-0.2, 0) is 6.54 Å². The summed E-state index contributed by atoms with van der Waals surface area (Å²) in [6, 6.07) is 6.09. The molecule has 0 aliphatic carbocycles. The number of hydrogen-bond acceptors (Lipinski definition) is 2. The molecule has 0 aliphatic heterocycles. The van der Waals surface area contributed by atoms with Crippen LogP contribution < -0.4 is 5.32 Å². The van der Waals surface area contributed by atoms with Gasteiger partial charge in [-0.25, -0.2) is 0 Å². The van der Waals surface area contributed by atoms with Crippen LogP contribution in [0.1, 0.15) is 5.69 Å². The molecule has 0 saturated carbocycles. The Kier molecular flexibility index (Phi) is 2.33. The molecule has 68 valence electrons. The topological polar surface area (TPSA) is 40.7 Å². The van der Waals surface area contributed by atoms with Crippen molar-refractivity contribution in [2.75, 3.05) is 7.05 Å². The molecule has 0 aliphatic rings. The number of benzene rings is 1. The third kappa shape index (κ3) is 1.59. The first kappa shape index (κ1) is 8.72. The van der Waals surface area contributed by atoms with Crippen molar-refractivity contribution < 1.29 is 0 Å². The highest BCUT2D eigenvalue weighted by molar-refractivity contribution is 9.10. The lowest BCUT2D eigenvalue weighted by Crippen LogP contribution is -2.05. The summed E-state index contributed by atoms with van der Waals surface area (Å²) in [7, 11) is 1.92. The lowest BCUT2D eigenvalue weighted by molar-refractivity contribution is 0.789. The summed E-state index contributed by atoms with van der Waals surface area (Å²) >= 11 is 3.41. The molecule has 0 saturated heterocycles. The van der Waals surface area contributed by atoms with Crippen molar-refractivity contribution in [2.45, 2.75) is 6.54 Å². The average Bonchev–Trinajstić information content (AvgIpc) is 2.49. The zero-order valence-electron chi connectivity index (χ0n) is 7.26. The van der Waals surface area contributed by atoms with Crippen LogP contribution in [0.15, 0.2) is 22.7 Å². The molecule has 0 fully saturated rings. The molecular formula is C9H10BrN3. The summed E-state index contributed by atoms with van der Waals surface area (Å²) in [4.78, 5) is 0. The van der Waals surface area contributed by atoms with E-state index in [4.69, 9.17) is 0 Å². The fraction of sp³-hybridized carbons (Fsp3) is 0.222. The fourth-order valence-corrected chi connectivity index (χ4v) is 1.70. The zero-order valence-corrected chi connectivity index (χ0v) is 8.85. The number of aromatic nitrogens is 2. The van der Waals surface area contributed by atoms with Gasteiger partial charge >= 0.3 is 0 Å². The molecule has 0 unspecified atom stereocenters. The molecule has 2 aromatic rings. The van der Waals surface area contributed by atoms with Crippen molar-refractivity contribution in [1.29, 1.82) is 0 Å². The molecule has 0 radical (unpaired) electrons. The SMILES string of the molecule is CNCc1[nH]nc2cc(Br)ccc12. The number of nitrogens with one attached hydrogen (secondary N) is 2. The maximum atomic E-state index is 4.20. The average molecular weight is 240 g/mol. The van der Waals surface area contributed by atoms with Gasteiger partial charge in [0.15, 0.2) is 0 Å². The Morgan fingerprint density at radius 3 is 3.15 bits per heavy atom. The van der Waals surface area contributed by atoms with Crippen molar-refractivity contribution in [2.24, 2.45) is 0 Å². The van der Waals surface area contributed by atoms with Crippen LogP contribution in [0.2, 0.25) is 0 Å². The number of aromatic amines is 1. The van der Waals surface area contributed by atoms with Gasteiger partial charge in [-0.3, -0.25) is 5.10 Å². The molecule has 0 spiro atoms. The molecule has 4 heteroatoms.